The highest BCUT2D eigenvalue weighted by atomic mass is 16.1. The summed E-state index contributed by atoms with van der Waals surface area (Å²) in [7, 11) is 0. The lowest BCUT2D eigenvalue weighted by Crippen LogP contribution is -2.24. The molecule has 1 unspecified atom stereocenters. The van der Waals surface area contributed by atoms with Crippen LogP contribution in [0.15, 0.2) is 30.3 Å². The molecule has 2 rings (SSSR count). The summed E-state index contributed by atoms with van der Waals surface area (Å²) in [5.41, 5.74) is 1.34. The predicted molar refractivity (Wildman–Crippen MR) is 80.9 cm³/mol. The Kier molecular flexibility index (Phi) is 10.0. The summed E-state index contributed by atoms with van der Waals surface area (Å²) in [6.07, 6.45) is 2.80. The summed E-state index contributed by atoms with van der Waals surface area (Å²) in [5, 5.41) is 2.95. The van der Waals surface area contributed by atoms with Crippen LogP contribution in [0.25, 0.3) is 0 Å². The van der Waals surface area contributed by atoms with Gasteiger partial charge in [0, 0.05) is 20.3 Å². The van der Waals surface area contributed by atoms with Crippen LogP contribution < -0.4 is 5.32 Å². The zero-order valence-electron chi connectivity index (χ0n) is 12.2. The van der Waals surface area contributed by atoms with Crippen LogP contribution in [0.2, 0.25) is 0 Å². The largest absolute Gasteiger partial charge is 0.355 e. The molecule has 0 bridgehead atoms. The van der Waals surface area contributed by atoms with Crippen LogP contribution in [0.4, 0.5) is 0 Å². The highest BCUT2D eigenvalue weighted by molar-refractivity contribution is 5.76. The Labute approximate surface area is 113 Å². The normalized spacial score (nSPS) is 18.2. The van der Waals surface area contributed by atoms with E-state index in [0.29, 0.717) is 12.3 Å². The van der Waals surface area contributed by atoms with Crippen molar-refractivity contribution in [1.29, 1.82) is 0 Å². The standard InChI is InChI=1S/C12H15NO.2C2H6.H2/c14-12-8-4-7-11(9-13-12)10-5-2-1-3-6-10;2*1-2;/h1-3,5-6,11H,4,7-9H2,(H,13,14);2*1-2H3;1H. The van der Waals surface area contributed by atoms with Crippen LogP contribution in [0.1, 0.15) is 59.9 Å². The van der Waals surface area contributed by atoms with E-state index < -0.39 is 0 Å². The van der Waals surface area contributed by atoms with Crippen LogP contribution in [-0.4, -0.2) is 12.5 Å². The summed E-state index contributed by atoms with van der Waals surface area (Å²) in [4.78, 5) is 11.1. The Hall–Kier alpha value is -1.31. The molecule has 1 amide bonds. The Morgan fingerprint density at radius 3 is 2.33 bits per heavy atom. The highest BCUT2D eigenvalue weighted by Crippen LogP contribution is 2.22. The Morgan fingerprint density at radius 2 is 1.72 bits per heavy atom. The van der Waals surface area contributed by atoms with Crippen molar-refractivity contribution in [2.75, 3.05) is 6.54 Å². The molecule has 1 aliphatic rings. The first-order chi connectivity index (χ1) is 8.86. The number of hydrogen-bond acceptors (Lipinski definition) is 1. The molecule has 0 aliphatic carbocycles. The number of hydrogen-bond donors (Lipinski definition) is 1. The van der Waals surface area contributed by atoms with Gasteiger partial charge < -0.3 is 5.32 Å². The first-order valence-corrected chi connectivity index (χ1v) is 7.18. The van der Waals surface area contributed by atoms with E-state index in [2.05, 4.69) is 29.6 Å². The maximum atomic E-state index is 11.1. The smallest absolute Gasteiger partial charge is 0.220 e. The second-order valence-electron chi connectivity index (χ2n) is 3.80. The van der Waals surface area contributed by atoms with E-state index in [9.17, 15) is 4.79 Å². The molecule has 0 aromatic heterocycles. The molecule has 1 aliphatic heterocycles. The molecule has 1 heterocycles. The first kappa shape index (κ1) is 16.7. The van der Waals surface area contributed by atoms with E-state index >= 15 is 0 Å². The Morgan fingerprint density at radius 1 is 1.11 bits per heavy atom. The van der Waals surface area contributed by atoms with Crippen LogP contribution in [-0.2, 0) is 4.79 Å². The molecule has 1 aromatic rings. The van der Waals surface area contributed by atoms with Gasteiger partial charge in [-0.2, -0.15) is 0 Å². The van der Waals surface area contributed by atoms with Crippen LogP contribution >= 0.6 is 0 Å². The molecule has 1 saturated heterocycles. The monoisotopic (exact) mass is 251 g/mol. The van der Waals surface area contributed by atoms with Gasteiger partial charge in [0.1, 0.15) is 0 Å². The van der Waals surface area contributed by atoms with Crippen LogP contribution in [0.3, 0.4) is 0 Å². The van der Waals surface area contributed by atoms with Crippen molar-refractivity contribution in [3.05, 3.63) is 35.9 Å². The minimum absolute atomic E-state index is 0. The van der Waals surface area contributed by atoms with Gasteiger partial charge >= 0.3 is 0 Å². The zero-order chi connectivity index (χ0) is 13.8. The van der Waals surface area contributed by atoms with Crippen LogP contribution in [0.5, 0.6) is 0 Å². The summed E-state index contributed by atoms with van der Waals surface area (Å²) in [5.74, 6) is 0.700. The van der Waals surface area contributed by atoms with Crippen molar-refractivity contribution in [1.82, 2.24) is 5.32 Å². The number of rotatable bonds is 1. The second-order valence-corrected chi connectivity index (χ2v) is 3.80. The summed E-state index contributed by atoms with van der Waals surface area (Å²) < 4.78 is 0. The molecule has 0 radical (unpaired) electrons. The lowest BCUT2D eigenvalue weighted by atomic mass is 9.95. The van der Waals surface area contributed by atoms with E-state index in [1.165, 1.54) is 5.56 Å². The third kappa shape index (κ3) is 5.85. The molecule has 1 atom stereocenters. The van der Waals surface area contributed by atoms with Gasteiger partial charge in [0.15, 0.2) is 0 Å². The van der Waals surface area contributed by atoms with Crippen molar-refractivity contribution < 1.29 is 6.22 Å². The molecular weight excluding hydrogens is 222 g/mol. The fourth-order valence-electron chi connectivity index (χ4n) is 1.95. The highest BCUT2D eigenvalue weighted by Gasteiger charge is 2.16. The molecule has 104 valence electrons. The molecule has 1 aromatic carbocycles. The minimum Gasteiger partial charge on any atom is -0.355 e. The molecule has 1 N–H and O–H groups in total. The summed E-state index contributed by atoms with van der Waals surface area (Å²) in [6, 6.07) is 10.4. The number of carbonyl (C=O) groups is 1. The van der Waals surface area contributed by atoms with Gasteiger partial charge in [0.25, 0.3) is 0 Å². The number of nitrogens with one attached hydrogen (secondary N) is 1. The van der Waals surface area contributed by atoms with Gasteiger partial charge in [0.2, 0.25) is 5.91 Å². The number of amides is 1. The quantitative estimate of drug-likeness (QED) is 0.789. The maximum absolute atomic E-state index is 11.1. The SMILES string of the molecule is CC.CC.O=C1CCCC(c2ccccc2)CN1.[HH]. The molecule has 2 heteroatoms. The topological polar surface area (TPSA) is 29.1 Å². The van der Waals surface area contributed by atoms with Crippen molar-refractivity contribution in [2.24, 2.45) is 0 Å². The molecule has 18 heavy (non-hydrogen) atoms. The fourth-order valence-corrected chi connectivity index (χ4v) is 1.95. The summed E-state index contributed by atoms with van der Waals surface area (Å²) >= 11 is 0. The average molecular weight is 251 g/mol. The van der Waals surface area contributed by atoms with Gasteiger partial charge in [-0.3, -0.25) is 4.79 Å². The van der Waals surface area contributed by atoms with E-state index in [-0.39, 0.29) is 7.33 Å². The maximum Gasteiger partial charge on any atom is 0.220 e. The molecule has 0 spiro atoms. The van der Waals surface area contributed by atoms with Gasteiger partial charge in [0.05, 0.1) is 0 Å². The average Bonchev–Trinajstić information content (AvgIpc) is 2.69. The van der Waals surface area contributed by atoms with Crippen molar-refractivity contribution in [3.63, 3.8) is 0 Å². The molecule has 1 fully saturated rings. The summed E-state index contributed by atoms with van der Waals surface area (Å²) in [6.45, 7) is 8.79. The van der Waals surface area contributed by atoms with Gasteiger partial charge in [-0.25, -0.2) is 0 Å². The zero-order valence-corrected chi connectivity index (χ0v) is 12.2. The van der Waals surface area contributed by atoms with Crippen molar-refractivity contribution in [3.8, 4) is 0 Å². The van der Waals surface area contributed by atoms with Crippen molar-refractivity contribution >= 4 is 5.91 Å². The lowest BCUT2D eigenvalue weighted by molar-refractivity contribution is -0.120. The first-order valence-electron chi connectivity index (χ1n) is 7.18. The third-order valence-electron chi connectivity index (χ3n) is 2.77. The number of benzene rings is 1. The molecule has 2 nitrogen and oxygen atoms in total. The van der Waals surface area contributed by atoms with Gasteiger partial charge in [-0.1, -0.05) is 58.0 Å². The second kappa shape index (κ2) is 10.8. The van der Waals surface area contributed by atoms with Crippen molar-refractivity contribution in [2.45, 2.75) is 52.9 Å². The van der Waals surface area contributed by atoms with E-state index in [1.54, 1.807) is 0 Å². The van der Waals surface area contributed by atoms with Crippen LogP contribution in [0, 0.1) is 0 Å². The van der Waals surface area contributed by atoms with E-state index in [0.717, 1.165) is 19.4 Å². The Balaban J connectivity index is 0. The molecular formula is C16H29NO. The fraction of sp³-hybridized carbons (Fsp3) is 0.562. The van der Waals surface area contributed by atoms with E-state index in [1.807, 2.05) is 33.8 Å². The predicted octanol–water partition coefficient (Wildman–Crippen LogP) is 4.37. The van der Waals surface area contributed by atoms with Gasteiger partial charge in [-0.05, 0) is 18.4 Å². The third-order valence-corrected chi connectivity index (χ3v) is 2.77. The number of carbonyl (C=O) groups excluding carboxylic acids is 1. The minimum atomic E-state index is 0. The van der Waals surface area contributed by atoms with Gasteiger partial charge in [-0.15, -0.1) is 0 Å². The molecule has 0 saturated carbocycles. The lowest BCUT2D eigenvalue weighted by Gasteiger charge is -2.13. The Bertz CT molecular complexity index is 314. The van der Waals surface area contributed by atoms with E-state index in [4.69, 9.17) is 0 Å².